The summed E-state index contributed by atoms with van der Waals surface area (Å²) in [4.78, 5) is 11.9. The molecule has 116 valence electrons. The van der Waals surface area contributed by atoms with E-state index in [0.29, 0.717) is 24.8 Å². The van der Waals surface area contributed by atoms with Crippen molar-refractivity contribution >= 4 is 5.91 Å². The summed E-state index contributed by atoms with van der Waals surface area (Å²) >= 11 is 0. The normalized spacial score (nSPS) is 22.8. The van der Waals surface area contributed by atoms with Gasteiger partial charge in [0.05, 0.1) is 0 Å². The molecule has 0 unspecified atom stereocenters. The number of amides is 1. The molecule has 0 saturated heterocycles. The third-order valence-electron chi connectivity index (χ3n) is 4.33. The Balaban J connectivity index is 1.73. The lowest BCUT2D eigenvalue weighted by molar-refractivity contribution is -0.122. The molecule has 1 amide bonds. The molecule has 0 atom stereocenters. The zero-order chi connectivity index (χ0) is 15.3. The van der Waals surface area contributed by atoms with Crippen molar-refractivity contribution in [2.75, 3.05) is 6.54 Å². The quantitative estimate of drug-likeness (QED) is 0.874. The molecule has 0 bridgehead atoms. The Morgan fingerprint density at radius 1 is 1.19 bits per heavy atom. The summed E-state index contributed by atoms with van der Waals surface area (Å²) in [6.07, 6.45) is 5.35. The van der Waals surface area contributed by atoms with Crippen LogP contribution in [0.2, 0.25) is 0 Å². The van der Waals surface area contributed by atoms with Gasteiger partial charge in [-0.05, 0) is 56.9 Å². The van der Waals surface area contributed by atoms with E-state index in [0.717, 1.165) is 12.8 Å². The zero-order valence-corrected chi connectivity index (χ0v) is 13.3. The number of carbonyl (C=O) groups excluding carboxylic acids is 1. The summed E-state index contributed by atoms with van der Waals surface area (Å²) < 4.78 is 0. The monoisotopic (exact) mass is 288 g/mol. The van der Waals surface area contributed by atoms with Gasteiger partial charge in [-0.25, -0.2) is 0 Å². The largest absolute Gasteiger partial charge is 0.354 e. The van der Waals surface area contributed by atoms with Gasteiger partial charge in [-0.2, -0.15) is 0 Å². The highest BCUT2D eigenvalue weighted by atomic mass is 16.1. The summed E-state index contributed by atoms with van der Waals surface area (Å²) in [5.74, 6) is 1.36. The molecule has 1 aliphatic rings. The summed E-state index contributed by atoms with van der Waals surface area (Å²) in [5, 5.41) is 2.95. The summed E-state index contributed by atoms with van der Waals surface area (Å²) in [5.41, 5.74) is 7.00. The Bertz CT molecular complexity index is 442. The van der Waals surface area contributed by atoms with Gasteiger partial charge in [0.2, 0.25) is 5.91 Å². The van der Waals surface area contributed by atoms with Crippen LogP contribution in [0, 0.1) is 5.92 Å². The maximum absolute atomic E-state index is 11.9. The SMILES string of the molecule is CC(C)(N)CNC(=O)CC1CCC(c2ccccc2)CC1. The van der Waals surface area contributed by atoms with Crippen LogP contribution >= 0.6 is 0 Å². The molecule has 1 aromatic rings. The highest BCUT2D eigenvalue weighted by molar-refractivity contribution is 5.76. The van der Waals surface area contributed by atoms with Crippen LogP contribution in [-0.2, 0) is 4.79 Å². The van der Waals surface area contributed by atoms with Gasteiger partial charge in [-0.1, -0.05) is 30.3 Å². The van der Waals surface area contributed by atoms with E-state index in [9.17, 15) is 4.79 Å². The Morgan fingerprint density at radius 3 is 2.38 bits per heavy atom. The van der Waals surface area contributed by atoms with Crippen LogP contribution in [0.25, 0.3) is 0 Å². The Morgan fingerprint density at radius 2 is 1.81 bits per heavy atom. The first-order chi connectivity index (χ1) is 9.94. The molecule has 0 aromatic heterocycles. The molecule has 2 rings (SSSR count). The average Bonchev–Trinajstić information content (AvgIpc) is 2.46. The van der Waals surface area contributed by atoms with Crippen molar-refractivity contribution in [1.82, 2.24) is 5.32 Å². The molecule has 0 radical (unpaired) electrons. The molecule has 3 N–H and O–H groups in total. The van der Waals surface area contributed by atoms with Crippen molar-refractivity contribution < 1.29 is 4.79 Å². The lowest BCUT2D eigenvalue weighted by atomic mass is 9.77. The lowest BCUT2D eigenvalue weighted by Crippen LogP contribution is -2.45. The van der Waals surface area contributed by atoms with Crippen LogP contribution < -0.4 is 11.1 Å². The molecule has 3 heteroatoms. The summed E-state index contributed by atoms with van der Waals surface area (Å²) in [7, 11) is 0. The Kier molecular flexibility index (Phi) is 5.40. The summed E-state index contributed by atoms with van der Waals surface area (Å²) in [6, 6.07) is 10.7. The first-order valence-electron chi connectivity index (χ1n) is 8.04. The van der Waals surface area contributed by atoms with Gasteiger partial charge >= 0.3 is 0 Å². The van der Waals surface area contributed by atoms with Gasteiger partial charge in [0.25, 0.3) is 0 Å². The van der Waals surface area contributed by atoms with Gasteiger partial charge < -0.3 is 11.1 Å². The van der Waals surface area contributed by atoms with E-state index in [2.05, 4.69) is 35.6 Å². The minimum Gasteiger partial charge on any atom is -0.354 e. The zero-order valence-electron chi connectivity index (χ0n) is 13.3. The Labute approximate surface area is 128 Å². The maximum atomic E-state index is 11.9. The third kappa shape index (κ3) is 5.50. The van der Waals surface area contributed by atoms with E-state index in [1.54, 1.807) is 0 Å². The maximum Gasteiger partial charge on any atom is 0.220 e. The molecule has 1 fully saturated rings. The average molecular weight is 288 g/mol. The van der Waals surface area contributed by atoms with Crippen molar-refractivity contribution in [2.24, 2.45) is 11.7 Å². The number of hydrogen-bond donors (Lipinski definition) is 2. The Hall–Kier alpha value is -1.35. The number of rotatable bonds is 5. The standard InChI is InChI=1S/C18H28N2O/c1-18(2,19)13-20-17(21)12-14-8-10-16(11-9-14)15-6-4-3-5-7-15/h3-7,14,16H,8-13,19H2,1-2H3,(H,20,21). The number of nitrogens with one attached hydrogen (secondary N) is 1. The van der Waals surface area contributed by atoms with Gasteiger partial charge in [0.1, 0.15) is 0 Å². The van der Waals surface area contributed by atoms with Crippen molar-refractivity contribution in [3.05, 3.63) is 35.9 Å². The van der Waals surface area contributed by atoms with E-state index in [1.807, 2.05) is 13.8 Å². The van der Waals surface area contributed by atoms with E-state index in [4.69, 9.17) is 5.73 Å². The fourth-order valence-electron chi connectivity index (χ4n) is 3.09. The smallest absolute Gasteiger partial charge is 0.220 e. The minimum absolute atomic E-state index is 0.150. The van der Waals surface area contributed by atoms with Crippen LogP contribution in [-0.4, -0.2) is 18.0 Å². The molecule has 0 spiro atoms. The predicted octanol–water partition coefficient (Wildman–Crippen LogP) is 3.20. The highest BCUT2D eigenvalue weighted by Crippen LogP contribution is 2.36. The second-order valence-corrected chi connectivity index (χ2v) is 7.10. The van der Waals surface area contributed by atoms with Gasteiger partial charge in [0.15, 0.2) is 0 Å². The van der Waals surface area contributed by atoms with Crippen molar-refractivity contribution in [1.29, 1.82) is 0 Å². The van der Waals surface area contributed by atoms with Crippen LogP contribution in [0.1, 0.15) is 57.4 Å². The fraction of sp³-hybridized carbons (Fsp3) is 0.611. The van der Waals surface area contributed by atoms with Crippen LogP contribution in [0.5, 0.6) is 0 Å². The molecule has 3 nitrogen and oxygen atoms in total. The second kappa shape index (κ2) is 7.08. The molecule has 1 aromatic carbocycles. The molecule has 0 aliphatic heterocycles. The van der Waals surface area contributed by atoms with E-state index in [-0.39, 0.29) is 11.4 Å². The van der Waals surface area contributed by atoms with E-state index in [1.165, 1.54) is 18.4 Å². The third-order valence-corrected chi connectivity index (χ3v) is 4.33. The van der Waals surface area contributed by atoms with Gasteiger partial charge in [0, 0.05) is 18.5 Å². The lowest BCUT2D eigenvalue weighted by Gasteiger charge is -2.29. The number of nitrogens with two attached hydrogens (primary N) is 1. The molecule has 1 saturated carbocycles. The van der Waals surface area contributed by atoms with Crippen LogP contribution in [0.15, 0.2) is 30.3 Å². The van der Waals surface area contributed by atoms with Gasteiger partial charge in [-0.15, -0.1) is 0 Å². The van der Waals surface area contributed by atoms with Crippen LogP contribution in [0.4, 0.5) is 0 Å². The fourth-order valence-corrected chi connectivity index (χ4v) is 3.09. The first kappa shape index (κ1) is 16.0. The number of hydrogen-bond acceptors (Lipinski definition) is 2. The minimum atomic E-state index is -0.333. The molecule has 0 heterocycles. The topological polar surface area (TPSA) is 55.1 Å². The number of carbonyl (C=O) groups is 1. The molecule has 21 heavy (non-hydrogen) atoms. The highest BCUT2D eigenvalue weighted by Gasteiger charge is 2.24. The van der Waals surface area contributed by atoms with Gasteiger partial charge in [-0.3, -0.25) is 4.79 Å². The summed E-state index contributed by atoms with van der Waals surface area (Å²) in [6.45, 7) is 4.40. The van der Waals surface area contributed by atoms with E-state index >= 15 is 0 Å². The molecular formula is C18H28N2O. The second-order valence-electron chi connectivity index (χ2n) is 7.10. The van der Waals surface area contributed by atoms with Crippen molar-refractivity contribution in [3.8, 4) is 0 Å². The van der Waals surface area contributed by atoms with Crippen molar-refractivity contribution in [3.63, 3.8) is 0 Å². The first-order valence-corrected chi connectivity index (χ1v) is 8.04. The molecular weight excluding hydrogens is 260 g/mol. The van der Waals surface area contributed by atoms with Crippen molar-refractivity contribution in [2.45, 2.75) is 57.4 Å². The number of benzene rings is 1. The van der Waals surface area contributed by atoms with Crippen LogP contribution in [0.3, 0.4) is 0 Å². The van der Waals surface area contributed by atoms with E-state index < -0.39 is 0 Å². The predicted molar refractivity (Wildman–Crippen MR) is 87.0 cm³/mol. The molecule has 1 aliphatic carbocycles.